The van der Waals surface area contributed by atoms with Crippen LogP contribution in [0.3, 0.4) is 0 Å². The molecule has 4 aromatic rings. The number of piperidine rings is 1. The first kappa shape index (κ1) is 25.4. The van der Waals surface area contributed by atoms with E-state index >= 15 is 0 Å². The molecule has 2 aliphatic heterocycles. The second kappa shape index (κ2) is 10.4. The Morgan fingerprint density at radius 1 is 1.11 bits per heavy atom. The molecule has 5 heterocycles. The lowest BCUT2D eigenvalue weighted by Gasteiger charge is -2.34. The number of thioether (sulfide) groups is 1. The van der Waals surface area contributed by atoms with Crippen LogP contribution in [0.5, 0.6) is 0 Å². The fraction of sp³-hybridized carbons (Fsp3) is 0.500. The Hall–Kier alpha value is -2.84. The minimum absolute atomic E-state index is 0.307. The molecule has 200 valence electrons. The van der Waals surface area contributed by atoms with E-state index in [4.69, 9.17) is 0 Å². The molecule has 8 heteroatoms. The molecule has 3 aromatic heterocycles. The van der Waals surface area contributed by atoms with Gasteiger partial charge in [0.1, 0.15) is 5.82 Å². The van der Waals surface area contributed by atoms with Crippen molar-refractivity contribution in [1.82, 2.24) is 29.4 Å². The van der Waals surface area contributed by atoms with E-state index in [1.807, 2.05) is 23.2 Å². The molecule has 0 bridgehead atoms. The average molecular weight is 531 g/mol. The lowest BCUT2D eigenvalue weighted by molar-refractivity contribution is -0.132. The zero-order chi connectivity index (χ0) is 26.4. The first-order valence-electron chi connectivity index (χ1n) is 13.9. The van der Waals surface area contributed by atoms with Crippen molar-refractivity contribution in [3.63, 3.8) is 0 Å². The summed E-state index contributed by atoms with van der Waals surface area (Å²) in [4.78, 5) is 25.5. The zero-order valence-electron chi connectivity index (χ0n) is 23.0. The molecule has 0 spiro atoms. The van der Waals surface area contributed by atoms with Crippen molar-refractivity contribution in [2.75, 3.05) is 44.2 Å². The summed E-state index contributed by atoms with van der Waals surface area (Å²) in [6, 6.07) is 9.21. The van der Waals surface area contributed by atoms with Gasteiger partial charge in [0.05, 0.1) is 12.2 Å². The number of rotatable bonds is 5. The lowest BCUT2D eigenvalue weighted by atomic mass is 9.87. The van der Waals surface area contributed by atoms with E-state index in [-0.39, 0.29) is 0 Å². The van der Waals surface area contributed by atoms with Gasteiger partial charge in [0.15, 0.2) is 5.65 Å². The molecule has 2 saturated heterocycles. The lowest BCUT2D eigenvalue weighted by Crippen LogP contribution is -2.45. The molecule has 1 N–H and O–H groups in total. The van der Waals surface area contributed by atoms with Crippen molar-refractivity contribution in [2.24, 2.45) is 0 Å². The number of carbonyl (C=O) groups excluding carboxylic acids is 1. The molecule has 38 heavy (non-hydrogen) atoms. The van der Waals surface area contributed by atoms with Crippen LogP contribution in [0, 0.1) is 13.8 Å². The van der Waals surface area contributed by atoms with E-state index in [1.54, 1.807) is 0 Å². The predicted octanol–water partition coefficient (Wildman–Crippen LogP) is 5.37. The van der Waals surface area contributed by atoms with Crippen LogP contribution in [0.15, 0.2) is 30.5 Å². The number of carbonyl (C=O) groups is 1. The summed E-state index contributed by atoms with van der Waals surface area (Å²) in [6.07, 6.45) is 4.30. The number of hydrogen-bond donors (Lipinski definition) is 1. The highest BCUT2D eigenvalue weighted by molar-refractivity contribution is 7.99. The van der Waals surface area contributed by atoms with Crippen molar-refractivity contribution in [3.8, 4) is 11.3 Å². The summed E-state index contributed by atoms with van der Waals surface area (Å²) in [6.45, 7) is 13.0. The normalized spacial score (nSPS) is 17.8. The van der Waals surface area contributed by atoms with Crippen LogP contribution < -0.4 is 0 Å². The highest BCUT2D eigenvalue weighted by Crippen LogP contribution is 2.38. The van der Waals surface area contributed by atoms with Crippen molar-refractivity contribution in [1.29, 1.82) is 0 Å². The van der Waals surface area contributed by atoms with Gasteiger partial charge < -0.3 is 9.88 Å². The van der Waals surface area contributed by atoms with Crippen LogP contribution in [-0.4, -0.2) is 79.5 Å². The summed E-state index contributed by atoms with van der Waals surface area (Å²) in [5.41, 5.74) is 8.33. The maximum Gasteiger partial charge on any atom is 0.236 e. The summed E-state index contributed by atoms with van der Waals surface area (Å²) >= 11 is 1.95. The molecule has 2 fully saturated rings. The van der Waals surface area contributed by atoms with Crippen LogP contribution >= 0.6 is 11.8 Å². The molecular weight excluding hydrogens is 492 g/mol. The fourth-order valence-corrected chi connectivity index (χ4v) is 7.14. The quantitative estimate of drug-likeness (QED) is 0.376. The molecule has 1 amide bonds. The number of amides is 1. The highest BCUT2D eigenvalue weighted by atomic mass is 32.2. The first-order valence-corrected chi connectivity index (χ1v) is 15.1. The molecule has 1 aromatic carbocycles. The molecule has 0 radical (unpaired) electrons. The predicted molar refractivity (Wildman–Crippen MR) is 156 cm³/mol. The minimum Gasteiger partial charge on any atom is -0.354 e. The van der Waals surface area contributed by atoms with E-state index < -0.39 is 0 Å². The standard InChI is InChI=1S/C30H38N6OS/c1-19(2)28-25-16-23(22-7-9-34(10-8-22)18-27(37)35-11-13-38-14-12-35)5-6-26(25)32-29(28)24-15-20(3)30-31-21(4)33-36(30)17-24/h5-6,15-17,19,22,32H,7-14,18H2,1-4H3. The molecule has 0 atom stereocenters. The Morgan fingerprint density at radius 3 is 2.61 bits per heavy atom. The maximum absolute atomic E-state index is 12.7. The first-order chi connectivity index (χ1) is 18.4. The maximum atomic E-state index is 12.7. The SMILES string of the molecule is Cc1nc2c(C)cc(-c3[nH]c4ccc(C5CCN(CC(=O)N6CCSCC6)CC5)cc4c3C(C)C)cn2n1. The number of nitrogens with one attached hydrogen (secondary N) is 1. The van der Waals surface area contributed by atoms with Gasteiger partial charge in [-0.3, -0.25) is 9.69 Å². The molecule has 0 aliphatic carbocycles. The van der Waals surface area contributed by atoms with Gasteiger partial charge in [-0.15, -0.1) is 0 Å². The Labute approximate surface area is 229 Å². The second-order valence-electron chi connectivity index (χ2n) is 11.3. The number of likely N-dealkylation sites (tertiary alicyclic amines) is 1. The van der Waals surface area contributed by atoms with E-state index in [0.29, 0.717) is 24.3 Å². The van der Waals surface area contributed by atoms with Crippen molar-refractivity contribution < 1.29 is 4.79 Å². The van der Waals surface area contributed by atoms with Crippen molar-refractivity contribution in [2.45, 2.75) is 52.4 Å². The number of pyridine rings is 1. The molecule has 0 saturated carbocycles. The Bertz CT molecular complexity index is 1470. The van der Waals surface area contributed by atoms with Crippen LogP contribution in [0.25, 0.3) is 27.8 Å². The number of nitrogens with zero attached hydrogens (tertiary/aromatic N) is 5. The molecule has 6 rings (SSSR count). The van der Waals surface area contributed by atoms with E-state index in [2.05, 4.69) is 76.1 Å². The third kappa shape index (κ3) is 4.84. The highest BCUT2D eigenvalue weighted by Gasteiger charge is 2.26. The topological polar surface area (TPSA) is 69.5 Å². The number of benzene rings is 1. The minimum atomic E-state index is 0.307. The number of aromatic amines is 1. The van der Waals surface area contributed by atoms with E-state index in [9.17, 15) is 4.79 Å². The number of aryl methyl sites for hydroxylation is 2. The number of hydrogen-bond acceptors (Lipinski definition) is 5. The third-order valence-corrected chi connectivity index (χ3v) is 9.18. The van der Waals surface area contributed by atoms with Crippen LogP contribution in [0.2, 0.25) is 0 Å². The van der Waals surface area contributed by atoms with Crippen molar-refractivity contribution in [3.05, 3.63) is 53.0 Å². The van der Waals surface area contributed by atoms with Crippen LogP contribution in [0.1, 0.15) is 61.0 Å². The third-order valence-electron chi connectivity index (χ3n) is 8.23. The molecule has 7 nitrogen and oxygen atoms in total. The summed E-state index contributed by atoms with van der Waals surface area (Å²) < 4.78 is 1.91. The molecule has 0 unspecified atom stereocenters. The van der Waals surface area contributed by atoms with Gasteiger partial charge >= 0.3 is 0 Å². The Balaban J connectivity index is 1.23. The van der Waals surface area contributed by atoms with Gasteiger partial charge in [0.2, 0.25) is 5.91 Å². The van der Waals surface area contributed by atoms with Gasteiger partial charge in [-0.1, -0.05) is 19.9 Å². The summed E-state index contributed by atoms with van der Waals surface area (Å²) in [7, 11) is 0. The van der Waals surface area contributed by atoms with Gasteiger partial charge in [-0.2, -0.15) is 16.9 Å². The largest absolute Gasteiger partial charge is 0.354 e. The molecule has 2 aliphatic rings. The summed E-state index contributed by atoms with van der Waals surface area (Å²) in [5, 5.41) is 5.90. The smallest absolute Gasteiger partial charge is 0.236 e. The van der Waals surface area contributed by atoms with E-state index in [0.717, 1.165) is 73.1 Å². The molecular formula is C30H38N6OS. The van der Waals surface area contributed by atoms with Gasteiger partial charge in [-0.05, 0) is 86.5 Å². The monoisotopic (exact) mass is 530 g/mol. The summed E-state index contributed by atoms with van der Waals surface area (Å²) in [5.74, 6) is 4.15. The Kier molecular flexibility index (Phi) is 6.95. The average Bonchev–Trinajstić information content (AvgIpc) is 3.49. The fourth-order valence-electron chi connectivity index (χ4n) is 6.23. The van der Waals surface area contributed by atoms with Gasteiger partial charge in [0.25, 0.3) is 0 Å². The van der Waals surface area contributed by atoms with Gasteiger partial charge in [-0.25, -0.2) is 9.50 Å². The Morgan fingerprint density at radius 2 is 1.87 bits per heavy atom. The number of fused-ring (bicyclic) bond motifs is 2. The van der Waals surface area contributed by atoms with E-state index in [1.165, 1.54) is 27.7 Å². The zero-order valence-corrected chi connectivity index (χ0v) is 23.8. The number of aromatic nitrogens is 4. The second-order valence-corrected chi connectivity index (χ2v) is 12.5. The van der Waals surface area contributed by atoms with Crippen LogP contribution in [0.4, 0.5) is 0 Å². The number of H-pyrrole nitrogens is 1. The van der Waals surface area contributed by atoms with Crippen LogP contribution in [-0.2, 0) is 4.79 Å². The van der Waals surface area contributed by atoms with Gasteiger partial charge in [0, 0.05) is 47.3 Å². The van der Waals surface area contributed by atoms with Crippen molar-refractivity contribution >= 4 is 34.2 Å².